The minimum atomic E-state index is -0.379. The molecule has 134 valence electrons. The normalized spacial score (nSPS) is 10.8. The maximum Gasteiger partial charge on any atom is 0.255 e. The third-order valence-electron chi connectivity index (χ3n) is 4.30. The number of aryl methyl sites for hydroxylation is 2. The van der Waals surface area contributed by atoms with Gasteiger partial charge in [-0.05, 0) is 45.0 Å². The van der Waals surface area contributed by atoms with Gasteiger partial charge in [0.1, 0.15) is 5.82 Å². The number of hydrogen-bond donors (Lipinski definition) is 1. The van der Waals surface area contributed by atoms with Crippen LogP contribution in [0.1, 0.15) is 32.9 Å². The van der Waals surface area contributed by atoms with Gasteiger partial charge in [-0.25, -0.2) is 4.39 Å². The van der Waals surface area contributed by atoms with Crippen molar-refractivity contribution in [1.29, 1.82) is 0 Å². The quantitative estimate of drug-likeness (QED) is 0.708. The molecule has 0 aliphatic rings. The summed E-state index contributed by atoms with van der Waals surface area (Å²) in [6.45, 7) is 5.79. The van der Waals surface area contributed by atoms with Crippen molar-refractivity contribution in [2.75, 3.05) is 5.32 Å². The van der Waals surface area contributed by atoms with E-state index in [1.54, 1.807) is 35.9 Å². The van der Waals surface area contributed by atoms with Crippen molar-refractivity contribution in [3.8, 4) is 0 Å². The highest BCUT2D eigenvalue weighted by Gasteiger charge is 2.17. The second kappa shape index (κ2) is 7.30. The fourth-order valence-corrected chi connectivity index (χ4v) is 2.98. The highest BCUT2D eigenvalue weighted by molar-refractivity contribution is 6.31. The Balaban J connectivity index is 1.86. The molecule has 1 amide bonds. The molecule has 0 aliphatic carbocycles. The monoisotopic (exact) mass is 371 g/mol. The Morgan fingerprint density at radius 2 is 1.85 bits per heavy atom. The van der Waals surface area contributed by atoms with Crippen LogP contribution in [0.3, 0.4) is 0 Å². The first-order valence-electron chi connectivity index (χ1n) is 8.21. The van der Waals surface area contributed by atoms with E-state index in [0.29, 0.717) is 27.5 Å². The summed E-state index contributed by atoms with van der Waals surface area (Å²) in [6, 6.07) is 11.9. The van der Waals surface area contributed by atoms with Gasteiger partial charge in [0.25, 0.3) is 5.91 Å². The number of rotatable bonds is 4. The maximum atomic E-state index is 14.0. The topological polar surface area (TPSA) is 46.9 Å². The van der Waals surface area contributed by atoms with Crippen LogP contribution in [0.2, 0.25) is 5.02 Å². The first-order valence-corrected chi connectivity index (χ1v) is 8.59. The molecule has 6 heteroatoms. The summed E-state index contributed by atoms with van der Waals surface area (Å²) in [5, 5.41) is 7.68. The van der Waals surface area contributed by atoms with Crippen LogP contribution >= 0.6 is 11.6 Å². The molecule has 1 aromatic heterocycles. The first kappa shape index (κ1) is 18.1. The number of aromatic nitrogens is 2. The molecule has 0 atom stereocenters. The van der Waals surface area contributed by atoms with E-state index >= 15 is 0 Å². The summed E-state index contributed by atoms with van der Waals surface area (Å²) < 4.78 is 15.7. The molecule has 0 fully saturated rings. The summed E-state index contributed by atoms with van der Waals surface area (Å²) >= 11 is 6.10. The second-order valence-corrected chi connectivity index (χ2v) is 6.63. The Morgan fingerprint density at radius 1 is 1.15 bits per heavy atom. The Morgan fingerprint density at radius 3 is 2.50 bits per heavy atom. The van der Waals surface area contributed by atoms with E-state index in [0.717, 1.165) is 11.3 Å². The lowest BCUT2D eigenvalue weighted by molar-refractivity contribution is 0.102. The molecular formula is C20H19ClFN3O. The average Bonchev–Trinajstić information content (AvgIpc) is 2.86. The number of hydrogen-bond acceptors (Lipinski definition) is 2. The van der Waals surface area contributed by atoms with Crippen LogP contribution < -0.4 is 5.32 Å². The van der Waals surface area contributed by atoms with Crippen LogP contribution in [0.25, 0.3) is 0 Å². The lowest BCUT2D eigenvalue weighted by Crippen LogP contribution is -2.13. The number of benzene rings is 2. The molecule has 0 bridgehead atoms. The zero-order chi connectivity index (χ0) is 18.8. The molecule has 0 spiro atoms. The number of nitrogens with one attached hydrogen (secondary N) is 1. The van der Waals surface area contributed by atoms with Crippen LogP contribution in [0.15, 0.2) is 42.5 Å². The molecule has 2 aromatic carbocycles. The lowest BCUT2D eigenvalue weighted by Gasteiger charge is -2.09. The molecule has 26 heavy (non-hydrogen) atoms. The third kappa shape index (κ3) is 3.63. The van der Waals surface area contributed by atoms with Gasteiger partial charge in [-0.15, -0.1) is 0 Å². The van der Waals surface area contributed by atoms with Gasteiger partial charge < -0.3 is 5.32 Å². The number of amides is 1. The van der Waals surface area contributed by atoms with Crippen molar-refractivity contribution in [2.45, 2.75) is 27.3 Å². The summed E-state index contributed by atoms with van der Waals surface area (Å²) in [7, 11) is 0. The number of carbonyl (C=O) groups is 1. The Kier molecular flexibility index (Phi) is 5.09. The van der Waals surface area contributed by atoms with Crippen LogP contribution in [-0.4, -0.2) is 15.7 Å². The van der Waals surface area contributed by atoms with E-state index in [1.165, 1.54) is 6.07 Å². The number of carbonyl (C=O) groups excluding carboxylic acids is 1. The van der Waals surface area contributed by atoms with Gasteiger partial charge in [0, 0.05) is 16.1 Å². The lowest BCUT2D eigenvalue weighted by atomic mass is 10.1. The fraction of sp³-hybridized carbons (Fsp3) is 0.200. The van der Waals surface area contributed by atoms with Crippen molar-refractivity contribution in [3.05, 3.63) is 81.4 Å². The summed E-state index contributed by atoms with van der Waals surface area (Å²) in [5.74, 6) is -0.588. The van der Waals surface area contributed by atoms with Crippen molar-refractivity contribution in [2.24, 2.45) is 0 Å². The van der Waals surface area contributed by atoms with Crippen LogP contribution in [0, 0.1) is 26.6 Å². The number of anilines is 1. The highest BCUT2D eigenvalue weighted by atomic mass is 35.5. The summed E-state index contributed by atoms with van der Waals surface area (Å²) in [5.41, 5.74) is 4.06. The van der Waals surface area contributed by atoms with Gasteiger partial charge >= 0.3 is 0 Å². The van der Waals surface area contributed by atoms with E-state index in [-0.39, 0.29) is 18.3 Å². The average molecular weight is 372 g/mol. The molecule has 0 saturated carbocycles. The molecule has 0 radical (unpaired) electrons. The fourth-order valence-electron chi connectivity index (χ4n) is 2.76. The summed E-state index contributed by atoms with van der Waals surface area (Å²) in [6.07, 6.45) is 0. The smallest absolute Gasteiger partial charge is 0.255 e. The number of halogens is 2. The van der Waals surface area contributed by atoms with Crippen molar-refractivity contribution in [1.82, 2.24) is 9.78 Å². The van der Waals surface area contributed by atoms with Gasteiger partial charge in [0.05, 0.1) is 23.6 Å². The van der Waals surface area contributed by atoms with E-state index < -0.39 is 0 Å². The van der Waals surface area contributed by atoms with Crippen LogP contribution in [-0.2, 0) is 6.54 Å². The third-order valence-corrected chi connectivity index (χ3v) is 4.66. The van der Waals surface area contributed by atoms with Gasteiger partial charge in [0.15, 0.2) is 0 Å². The largest absolute Gasteiger partial charge is 0.319 e. The Bertz CT molecular complexity index is 944. The minimum absolute atomic E-state index is 0.193. The molecule has 4 nitrogen and oxygen atoms in total. The van der Waals surface area contributed by atoms with Gasteiger partial charge in [-0.1, -0.05) is 35.4 Å². The predicted octanol–water partition coefficient (Wildman–Crippen LogP) is 4.90. The molecule has 3 rings (SSSR count). The number of nitrogens with zero attached hydrogens (tertiary/aromatic N) is 2. The molecule has 1 N–H and O–H groups in total. The standard InChI is InChI=1S/C20H19ClFN3O/c1-12-7-9-15(10-8-12)20(26)23-19-13(2)24-25(14(19)3)11-16-17(21)5-4-6-18(16)22/h4-10H,11H2,1-3H3,(H,23,26). The van der Waals surface area contributed by atoms with Gasteiger partial charge in [0.2, 0.25) is 0 Å². The van der Waals surface area contributed by atoms with Gasteiger partial charge in [-0.3, -0.25) is 9.48 Å². The van der Waals surface area contributed by atoms with E-state index in [9.17, 15) is 9.18 Å². The second-order valence-electron chi connectivity index (χ2n) is 6.22. The predicted molar refractivity (Wildman–Crippen MR) is 101 cm³/mol. The minimum Gasteiger partial charge on any atom is -0.319 e. The van der Waals surface area contributed by atoms with Crippen molar-refractivity contribution >= 4 is 23.2 Å². The molecule has 0 saturated heterocycles. The molecule has 0 aliphatic heterocycles. The van der Waals surface area contributed by atoms with Crippen LogP contribution in [0.5, 0.6) is 0 Å². The molecule has 1 heterocycles. The summed E-state index contributed by atoms with van der Waals surface area (Å²) in [4.78, 5) is 12.5. The SMILES string of the molecule is Cc1ccc(C(=O)Nc2c(C)nn(Cc3c(F)cccc3Cl)c2C)cc1. The first-order chi connectivity index (χ1) is 12.4. The molecular weight excluding hydrogens is 353 g/mol. The zero-order valence-corrected chi connectivity index (χ0v) is 15.6. The maximum absolute atomic E-state index is 14.0. The zero-order valence-electron chi connectivity index (χ0n) is 14.8. The highest BCUT2D eigenvalue weighted by Crippen LogP contribution is 2.25. The van der Waals surface area contributed by atoms with E-state index in [1.807, 2.05) is 26.0 Å². The van der Waals surface area contributed by atoms with Crippen molar-refractivity contribution in [3.63, 3.8) is 0 Å². The molecule has 3 aromatic rings. The van der Waals surface area contributed by atoms with E-state index in [2.05, 4.69) is 10.4 Å². The Hall–Kier alpha value is -2.66. The van der Waals surface area contributed by atoms with E-state index in [4.69, 9.17) is 11.6 Å². The van der Waals surface area contributed by atoms with Gasteiger partial charge in [-0.2, -0.15) is 5.10 Å². The van der Waals surface area contributed by atoms with Crippen molar-refractivity contribution < 1.29 is 9.18 Å². The molecule has 0 unspecified atom stereocenters. The Labute approximate surface area is 156 Å². The van der Waals surface area contributed by atoms with Crippen LogP contribution in [0.4, 0.5) is 10.1 Å².